The van der Waals surface area contributed by atoms with Crippen molar-refractivity contribution in [3.63, 3.8) is 0 Å². The first-order chi connectivity index (χ1) is 7.58. The van der Waals surface area contributed by atoms with E-state index >= 15 is 0 Å². The minimum absolute atomic E-state index is 0.184. The molecular formula is C12H16ClN2O. The number of rotatable bonds is 1. The van der Waals surface area contributed by atoms with Gasteiger partial charge in [-0.05, 0) is 31.6 Å². The van der Waals surface area contributed by atoms with Crippen LogP contribution < -0.4 is 0 Å². The lowest BCUT2D eigenvalue weighted by molar-refractivity contribution is 0.0776. The predicted molar refractivity (Wildman–Crippen MR) is 65.9 cm³/mol. The van der Waals surface area contributed by atoms with Gasteiger partial charge in [0.05, 0.1) is 13.2 Å². The Bertz CT molecular complexity index is 411. The maximum atomic E-state index is 6.06. The fourth-order valence-corrected chi connectivity index (χ4v) is 2.02. The van der Waals surface area contributed by atoms with Crippen LogP contribution in [0, 0.1) is 20.9 Å². The van der Waals surface area contributed by atoms with Gasteiger partial charge in [-0.15, -0.1) is 0 Å². The molecule has 0 amide bonds. The van der Waals surface area contributed by atoms with E-state index in [-0.39, 0.29) is 5.50 Å². The summed E-state index contributed by atoms with van der Waals surface area (Å²) in [6.45, 7) is 5.19. The summed E-state index contributed by atoms with van der Waals surface area (Å²) in [5.41, 5.74) is 4.28. The molecule has 1 aromatic rings. The van der Waals surface area contributed by atoms with Gasteiger partial charge in [0.1, 0.15) is 5.50 Å². The second kappa shape index (κ2) is 4.52. The van der Waals surface area contributed by atoms with Crippen molar-refractivity contribution >= 4 is 17.7 Å². The third kappa shape index (κ3) is 2.25. The molecule has 1 radical (unpaired) electrons. The van der Waals surface area contributed by atoms with Gasteiger partial charge < -0.3 is 14.6 Å². The summed E-state index contributed by atoms with van der Waals surface area (Å²) < 4.78 is 5.39. The first-order valence-electron chi connectivity index (χ1n) is 5.26. The standard InChI is InChI=1S/C12H16ClN2O/c1-8-4-9(2)14-11(8)5-10-6-16-7-12(13)15(10)3/h4-5,12,14H,3,6-7H2,1-2H3. The van der Waals surface area contributed by atoms with Crippen molar-refractivity contribution in [3.05, 3.63) is 35.8 Å². The third-order valence-corrected chi connectivity index (χ3v) is 3.07. The zero-order valence-electron chi connectivity index (χ0n) is 9.59. The lowest BCUT2D eigenvalue weighted by atomic mass is 10.2. The molecule has 1 saturated heterocycles. The summed E-state index contributed by atoms with van der Waals surface area (Å²) in [7, 11) is 3.93. The Morgan fingerprint density at radius 2 is 2.38 bits per heavy atom. The van der Waals surface area contributed by atoms with Gasteiger partial charge in [0.2, 0.25) is 0 Å². The minimum Gasteiger partial charge on any atom is -0.372 e. The first kappa shape index (κ1) is 11.6. The van der Waals surface area contributed by atoms with Crippen LogP contribution in [0.5, 0.6) is 0 Å². The Balaban J connectivity index is 2.26. The molecule has 16 heavy (non-hydrogen) atoms. The lowest BCUT2D eigenvalue weighted by Gasteiger charge is -2.32. The van der Waals surface area contributed by atoms with Crippen LogP contribution in [0.2, 0.25) is 0 Å². The molecule has 0 aliphatic carbocycles. The third-order valence-electron chi connectivity index (χ3n) is 2.71. The molecule has 1 fully saturated rings. The lowest BCUT2D eigenvalue weighted by Crippen LogP contribution is -2.35. The predicted octanol–water partition coefficient (Wildman–Crippen LogP) is 2.66. The van der Waals surface area contributed by atoms with E-state index in [1.165, 1.54) is 5.56 Å². The summed E-state index contributed by atoms with van der Waals surface area (Å²) in [5.74, 6) is 0. The molecule has 0 spiro atoms. The molecular weight excluding hydrogens is 224 g/mol. The average Bonchev–Trinajstić information content (AvgIpc) is 2.53. The van der Waals surface area contributed by atoms with Crippen LogP contribution in [0.15, 0.2) is 11.8 Å². The summed E-state index contributed by atoms with van der Waals surface area (Å²) in [4.78, 5) is 5.10. The molecule has 0 saturated carbocycles. The van der Waals surface area contributed by atoms with Crippen molar-refractivity contribution in [1.82, 2.24) is 9.88 Å². The highest BCUT2D eigenvalue weighted by Crippen LogP contribution is 2.21. The summed E-state index contributed by atoms with van der Waals surface area (Å²) in [6, 6.07) is 2.11. The zero-order valence-corrected chi connectivity index (χ0v) is 10.3. The second-order valence-corrected chi connectivity index (χ2v) is 4.61. The summed E-state index contributed by atoms with van der Waals surface area (Å²) >= 11 is 6.06. The van der Waals surface area contributed by atoms with Crippen molar-refractivity contribution in [1.29, 1.82) is 0 Å². The van der Waals surface area contributed by atoms with Crippen molar-refractivity contribution < 1.29 is 4.74 Å². The molecule has 0 aromatic carbocycles. The van der Waals surface area contributed by atoms with Gasteiger partial charge >= 0.3 is 0 Å². The molecule has 1 N–H and O–H groups in total. The van der Waals surface area contributed by atoms with E-state index < -0.39 is 0 Å². The number of aromatic amines is 1. The van der Waals surface area contributed by atoms with Crippen LogP contribution in [0.3, 0.4) is 0 Å². The summed E-state index contributed by atoms with van der Waals surface area (Å²) in [6.07, 6.45) is 2.05. The van der Waals surface area contributed by atoms with E-state index in [0.717, 1.165) is 17.1 Å². The van der Waals surface area contributed by atoms with Gasteiger partial charge in [0, 0.05) is 24.1 Å². The Morgan fingerprint density at radius 1 is 1.62 bits per heavy atom. The normalized spacial score (nSPS) is 24.1. The number of aromatic nitrogens is 1. The Kier molecular flexibility index (Phi) is 3.26. The van der Waals surface area contributed by atoms with Crippen LogP contribution >= 0.6 is 11.6 Å². The van der Waals surface area contributed by atoms with Gasteiger partial charge in [0.25, 0.3) is 0 Å². The van der Waals surface area contributed by atoms with Crippen LogP contribution in [0.25, 0.3) is 6.08 Å². The van der Waals surface area contributed by atoms with E-state index in [1.807, 2.05) is 13.0 Å². The highest BCUT2D eigenvalue weighted by atomic mass is 35.5. The smallest absolute Gasteiger partial charge is 0.127 e. The van der Waals surface area contributed by atoms with E-state index in [2.05, 4.69) is 25.0 Å². The first-order valence-corrected chi connectivity index (χ1v) is 5.70. The van der Waals surface area contributed by atoms with Gasteiger partial charge in [-0.25, -0.2) is 0 Å². The van der Waals surface area contributed by atoms with Crippen molar-refractivity contribution in [2.75, 3.05) is 13.2 Å². The number of H-pyrrole nitrogens is 1. The largest absolute Gasteiger partial charge is 0.372 e. The summed E-state index contributed by atoms with van der Waals surface area (Å²) in [5, 5.41) is 0. The number of nitrogens with one attached hydrogen (secondary N) is 1. The molecule has 1 aliphatic rings. The second-order valence-electron chi connectivity index (χ2n) is 4.10. The Morgan fingerprint density at radius 3 is 3.00 bits per heavy atom. The number of hydrogen-bond acceptors (Lipinski definition) is 2. The quantitative estimate of drug-likeness (QED) is 0.603. The maximum absolute atomic E-state index is 6.06. The number of alkyl halides is 1. The Hall–Kier alpha value is -0.930. The average molecular weight is 240 g/mol. The van der Waals surface area contributed by atoms with Gasteiger partial charge in [0.15, 0.2) is 0 Å². The zero-order chi connectivity index (χ0) is 11.7. The molecule has 1 atom stereocenters. The van der Waals surface area contributed by atoms with Gasteiger partial charge in [-0.1, -0.05) is 11.6 Å². The van der Waals surface area contributed by atoms with Crippen molar-refractivity contribution in [2.24, 2.45) is 0 Å². The van der Waals surface area contributed by atoms with E-state index in [0.29, 0.717) is 13.2 Å². The molecule has 1 aliphatic heterocycles. The van der Waals surface area contributed by atoms with Crippen molar-refractivity contribution in [2.45, 2.75) is 19.3 Å². The number of ether oxygens (including phenoxy) is 1. The van der Waals surface area contributed by atoms with E-state index in [4.69, 9.17) is 16.3 Å². The molecule has 2 heterocycles. The molecule has 1 unspecified atom stereocenters. The molecule has 2 rings (SSSR count). The molecule has 4 heteroatoms. The molecule has 87 valence electrons. The fourth-order valence-electron chi connectivity index (χ4n) is 1.80. The topological polar surface area (TPSA) is 28.3 Å². The van der Waals surface area contributed by atoms with Gasteiger partial charge in [-0.3, -0.25) is 0 Å². The van der Waals surface area contributed by atoms with E-state index in [9.17, 15) is 0 Å². The van der Waals surface area contributed by atoms with Crippen LogP contribution in [0.1, 0.15) is 17.0 Å². The molecule has 0 bridgehead atoms. The van der Waals surface area contributed by atoms with Crippen LogP contribution in [-0.4, -0.2) is 28.6 Å². The number of morpholine rings is 1. The molecule has 3 nitrogen and oxygen atoms in total. The maximum Gasteiger partial charge on any atom is 0.127 e. The van der Waals surface area contributed by atoms with Crippen LogP contribution in [0.4, 0.5) is 0 Å². The number of hydrogen-bond donors (Lipinski definition) is 1. The van der Waals surface area contributed by atoms with Crippen molar-refractivity contribution in [3.8, 4) is 0 Å². The van der Waals surface area contributed by atoms with Crippen LogP contribution in [-0.2, 0) is 4.74 Å². The monoisotopic (exact) mass is 239 g/mol. The number of aryl methyl sites for hydroxylation is 2. The highest BCUT2D eigenvalue weighted by Gasteiger charge is 2.20. The van der Waals surface area contributed by atoms with E-state index in [1.54, 1.807) is 4.90 Å². The number of nitrogens with zero attached hydrogens (tertiary/aromatic N) is 1. The fraction of sp³-hybridized carbons (Fsp3) is 0.417. The van der Waals surface area contributed by atoms with Gasteiger partial charge in [-0.2, -0.15) is 0 Å². The SMILES string of the molecule is [CH2]N1C(=Cc2[nH]c(C)cc2C)COCC1Cl. The number of halogens is 1. The Labute approximate surface area is 101 Å². The minimum atomic E-state index is -0.184. The highest BCUT2D eigenvalue weighted by molar-refractivity contribution is 6.20. The molecule has 1 aromatic heterocycles.